The van der Waals surface area contributed by atoms with Gasteiger partial charge >= 0.3 is 0 Å². The SMILES string of the molecule is CN1CC[C@@H](Nc2cccc3c2cc(-c2noc(CNC(=O)c4csc(N(C)C)n4)n2)n3C(F)C(F)F)[C@@H](F)C1. The van der Waals surface area contributed by atoms with Gasteiger partial charge in [0, 0.05) is 43.6 Å². The minimum absolute atomic E-state index is 0.0133. The summed E-state index contributed by atoms with van der Waals surface area (Å²) in [5, 5.41) is 12.3. The van der Waals surface area contributed by atoms with E-state index in [-0.39, 0.29) is 41.7 Å². The Morgan fingerprint density at radius 1 is 1.27 bits per heavy atom. The lowest BCUT2D eigenvalue weighted by atomic mass is 10.0. The third kappa shape index (κ3) is 5.61. The normalized spacial score (nSPS) is 18.8. The van der Waals surface area contributed by atoms with E-state index in [1.165, 1.54) is 23.5 Å². The Morgan fingerprint density at radius 2 is 2.08 bits per heavy atom. The van der Waals surface area contributed by atoms with Gasteiger partial charge in [0.15, 0.2) is 5.13 Å². The lowest BCUT2D eigenvalue weighted by molar-refractivity contribution is 0.0114. The summed E-state index contributed by atoms with van der Waals surface area (Å²) in [6.07, 6.45) is -6.62. The Bertz CT molecular complexity index is 1490. The average molecular weight is 581 g/mol. The molecule has 0 radical (unpaired) electrons. The molecule has 4 heterocycles. The zero-order valence-electron chi connectivity index (χ0n) is 21.9. The number of nitrogens with zero attached hydrogens (tertiary/aromatic N) is 6. The molecule has 2 N–H and O–H groups in total. The van der Waals surface area contributed by atoms with Crippen LogP contribution in [0.25, 0.3) is 22.4 Å². The number of likely N-dealkylation sites (tertiary alicyclic amines) is 1. The second-order valence-electron chi connectivity index (χ2n) is 9.77. The number of amides is 1. The molecule has 214 valence electrons. The van der Waals surface area contributed by atoms with E-state index in [0.29, 0.717) is 29.2 Å². The van der Waals surface area contributed by atoms with Crippen LogP contribution in [0.2, 0.25) is 0 Å². The van der Waals surface area contributed by atoms with Crippen molar-refractivity contribution >= 4 is 39.0 Å². The predicted octanol–water partition coefficient (Wildman–Crippen LogP) is 4.33. The van der Waals surface area contributed by atoms with E-state index in [9.17, 15) is 22.4 Å². The summed E-state index contributed by atoms with van der Waals surface area (Å²) < 4.78 is 62.9. The maximum absolute atomic E-state index is 14.9. The first kappa shape index (κ1) is 27.8. The van der Waals surface area contributed by atoms with Crippen LogP contribution in [0, 0.1) is 0 Å². The molecule has 10 nitrogen and oxygen atoms in total. The quantitative estimate of drug-likeness (QED) is 0.282. The van der Waals surface area contributed by atoms with Gasteiger partial charge < -0.3 is 29.5 Å². The number of hydrogen-bond donors (Lipinski definition) is 2. The zero-order valence-corrected chi connectivity index (χ0v) is 22.8. The fraction of sp³-hybridized carbons (Fsp3) is 0.440. The van der Waals surface area contributed by atoms with Crippen molar-refractivity contribution in [3.8, 4) is 11.5 Å². The molecule has 1 unspecified atom stereocenters. The van der Waals surface area contributed by atoms with Gasteiger partial charge in [-0.3, -0.25) is 4.79 Å². The first-order chi connectivity index (χ1) is 19.1. The number of rotatable bonds is 9. The Hall–Kier alpha value is -3.72. The molecule has 0 aliphatic carbocycles. The van der Waals surface area contributed by atoms with Gasteiger partial charge in [0.2, 0.25) is 18.0 Å². The average Bonchev–Trinajstić information content (AvgIpc) is 3.67. The number of benzene rings is 1. The number of alkyl halides is 4. The van der Waals surface area contributed by atoms with Crippen LogP contribution in [-0.4, -0.2) is 83.4 Å². The summed E-state index contributed by atoms with van der Waals surface area (Å²) in [4.78, 5) is 24.6. The molecule has 1 saturated heterocycles. The number of aromatic nitrogens is 4. The Labute approximate surface area is 231 Å². The Morgan fingerprint density at radius 3 is 2.77 bits per heavy atom. The zero-order chi connectivity index (χ0) is 28.6. The smallest absolute Gasteiger partial charge is 0.288 e. The van der Waals surface area contributed by atoms with E-state index < -0.39 is 30.8 Å². The molecule has 3 aromatic heterocycles. The summed E-state index contributed by atoms with van der Waals surface area (Å²) >= 11 is 1.30. The van der Waals surface area contributed by atoms with Crippen LogP contribution in [0.15, 0.2) is 34.2 Å². The molecular weight excluding hydrogens is 552 g/mol. The highest BCUT2D eigenvalue weighted by Crippen LogP contribution is 2.37. The highest BCUT2D eigenvalue weighted by Gasteiger charge is 2.31. The molecule has 1 aliphatic heterocycles. The maximum atomic E-state index is 14.9. The molecule has 0 spiro atoms. The number of thiazole rings is 1. The maximum Gasteiger partial charge on any atom is 0.288 e. The number of carbonyl (C=O) groups is 1. The first-order valence-corrected chi connectivity index (χ1v) is 13.4. The Kier molecular flexibility index (Phi) is 7.94. The van der Waals surface area contributed by atoms with Crippen molar-refractivity contribution in [3.63, 3.8) is 0 Å². The van der Waals surface area contributed by atoms with Crippen molar-refractivity contribution in [2.24, 2.45) is 0 Å². The van der Waals surface area contributed by atoms with Gasteiger partial charge in [-0.25, -0.2) is 22.5 Å². The van der Waals surface area contributed by atoms with Crippen molar-refractivity contribution in [1.82, 2.24) is 29.9 Å². The monoisotopic (exact) mass is 580 g/mol. The van der Waals surface area contributed by atoms with Gasteiger partial charge in [0.25, 0.3) is 12.3 Å². The van der Waals surface area contributed by atoms with Gasteiger partial charge in [-0.15, -0.1) is 11.3 Å². The number of fused-ring (bicyclic) bond motifs is 1. The molecule has 3 atom stereocenters. The molecule has 1 fully saturated rings. The number of piperidine rings is 1. The largest absolute Gasteiger partial charge is 0.379 e. The van der Waals surface area contributed by atoms with Crippen molar-refractivity contribution in [3.05, 3.63) is 41.2 Å². The lowest BCUT2D eigenvalue weighted by Gasteiger charge is -2.33. The van der Waals surface area contributed by atoms with Crippen molar-refractivity contribution in [1.29, 1.82) is 0 Å². The molecule has 0 bridgehead atoms. The van der Waals surface area contributed by atoms with Crippen molar-refractivity contribution < 1.29 is 26.9 Å². The summed E-state index contributed by atoms with van der Waals surface area (Å²) in [5.74, 6) is -0.614. The van der Waals surface area contributed by atoms with Crippen LogP contribution in [-0.2, 0) is 6.54 Å². The number of nitrogens with one attached hydrogen (secondary N) is 2. The molecule has 4 aromatic rings. The minimum Gasteiger partial charge on any atom is -0.379 e. The van der Waals surface area contributed by atoms with Crippen LogP contribution >= 0.6 is 11.3 Å². The summed E-state index contributed by atoms with van der Waals surface area (Å²) in [5.41, 5.74) is 0.808. The fourth-order valence-corrected chi connectivity index (χ4v) is 5.34. The van der Waals surface area contributed by atoms with Crippen LogP contribution in [0.5, 0.6) is 0 Å². The Balaban J connectivity index is 1.41. The second-order valence-corrected chi connectivity index (χ2v) is 10.6. The van der Waals surface area contributed by atoms with Crippen LogP contribution in [0.3, 0.4) is 0 Å². The molecule has 1 aromatic carbocycles. The van der Waals surface area contributed by atoms with Crippen LogP contribution in [0.4, 0.5) is 28.4 Å². The lowest BCUT2D eigenvalue weighted by Crippen LogP contribution is -2.46. The minimum atomic E-state index is -3.33. The highest BCUT2D eigenvalue weighted by atomic mass is 32.1. The van der Waals surface area contributed by atoms with Crippen LogP contribution in [0.1, 0.15) is 29.1 Å². The molecule has 5 rings (SSSR count). The number of hydrogen-bond acceptors (Lipinski definition) is 9. The van der Waals surface area contributed by atoms with E-state index in [4.69, 9.17) is 4.52 Å². The van der Waals surface area contributed by atoms with E-state index >= 15 is 0 Å². The molecule has 1 aliphatic rings. The van der Waals surface area contributed by atoms with Gasteiger partial charge in [0.05, 0.1) is 23.8 Å². The van der Waals surface area contributed by atoms with Crippen molar-refractivity contribution in [2.45, 2.75) is 37.9 Å². The third-order valence-electron chi connectivity index (χ3n) is 6.63. The molecule has 0 saturated carbocycles. The molecule has 15 heteroatoms. The van der Waals surface area contributed by atoms with Gasteiger partial charge in [-0.05, 0) is 31.7 Å². The summed E-state index contributed by atoms with van der Waals surface area (Å²) in [7, 11) is 5.45. The van der Waals surface area contributed by atoms with Crippen molar-refractivity contribution in [2.75, 3.05) is 44.4 Å². The standard InChI is InChI=1S/C25H28F4N8O2S/c1-35(2)25-32-17(12-40-25)24(38)30-10-20-33-23(34-39-20)19-9-13-15(31-16-7-8-36(3)11-14(16)26)5-4-6-18(13)37(19)22(29)21(27)28/h4-6,9,12,14,16,21-22,31H,7-8,10-11H2,1-3H3,(H,30,38)/t14-,16+,22?/m0/s1. The topological polar surface area (TPSA) is 104 Å². The van der Waals surface area contributed by atoms with E-state index in [1.54, 1.807) is 36.5 Å². The first-order valence-electron chi connectivity index (χ1n) is 12.5. The van der Waals surface area contributed by atoms with Gasteiger partial charge in [0.1, 0.15) is 11.9 Å². The summed E-state index contributed by atoms with van der Waals surface area (Å²) in [6, 6.07) is 5.76. The van der Waals surface area contributed by atoms with E-state index in [0.717, 1.165) is 4.57 Å². The third-order valence-corrected chi connectivity index (χ3v) is 7.64. The number of carbonyl (C=O) groups excluding carboxylic acids is 1. The molecule has 1 amide bonds. The number of halogens is 4. The predicted molar refractivity (Wildman–Crippen MR) is 143 cm³/mol. The van der Waals surface area contributed by atoms with E-state index in [2.05, 4.69) is 25.8 Å². The number of anilines is 2. The molecular formula is C25H28F4N8O2S. The second kappa shape index (κ2) is 11.4. The molecule has 40 heavy (non-hydrogen) atoms. The van der Waals surface area contributed by atoms with Gasteiger partial charge in [-0.2, -0.15) is 4.98 Å². The fourth-order valence-electron chi connectivity index (χ4n) is 4.60. The summed E-state index contributed by atoms with van der Waals surface area (Å²) in [6.45, 7) is 0.800. The van der Waals surface area contributed by atoms with Crippen LogP contribution < -0.4 is 15.5 Å². The van der Waals surface area contributed by atoms with E-state index in [1.807, 2.05) is 11.9 Å². The highest BCUT2D eigenvalue weighted by molar-refractivity contribution is 7.13. The van der Waals surface area contributed by atoms with Gasteiger partial charge in [-0.1, -0.05) is 11.2 Å².